The molecule has 0 heterocycles. The summed E-state index contributed by atoms with van der Waals surface area (Å²) in [6, 6.07) is 0. The number of fused-ring (bicyclic) bond motifs is 5. The molecule has 0 aromatic carbocycles. The molecule has 4 heteroatoms. The van der Waals surface area contributed by atoms with Gasteiger partial charge in [-0.15, -0.1) is 0 Å². The third kappa shape index (κ3) is 3.25. The number of ether oxygens (including phenoxy) is 2. The number of hydrogen-bond donors (Lipinski definition) is 0. The Balaban J connectivity index is 1.56. The normalized spacial score (nSPS) is 44.6. The Morgan fingerprint density at radius 2 is 1.86 bits per heavy atom. The van der Waals surface area contributed by atoms with Crippen LogP contribution in [0.15, 0.2) is 11.6 Å². The molecule has 1 unspecified atom stereocenters. The fourth-order valence-corrected chi connectivity index (χ4v) is 8.17. The van der Waals surface area contributed by atoms with Crippen molar-refractivity contribution in [2.45, 2.75) is 85.2 Å². The van der Waals surface area contributed by atoms with E-state index in [9.17, 15) is 9.59 Å². The number of carbonyl (C=O) groups is 2. The Hall–Kier alpha value is -1.32. The summed E-state index contributed by atoms with van der Waals surface area (Å²) in [7, 11) is 1.52. The molecule has 8 atom stereocenters. The van der Waals surface area contributed by atoms with Gasteiger partial charge < -0.3 is 9.47 Å². The molecule has 162 valence electrons. The van der Waals surface area contributed by atoms with E-state index < -0.39 is 0 Å². The van der Waals surface area contributed by atoms with E-state index in [0.717, 1.165) is 43.9 Å². The fourth-order valence-electron chi connectivity index (χ4n) is 8.17. The van der Waals surface area contributed by atoms with Crippen molar-refractivity contribution in [1.82, 2.24) is 0 Å². The van der Waals surface area contributed by atoms with E-state index in [1.807, 2.05) is 0 Å². The minimum absolute atomic E-state index is 0.00370. The lowest BCUT2D eigenvalue weighted by Crippen LogP contribution is -2.51. The molecule has 0 radical (unpaired) electrons. The number of hydrogen-bond acceptors (Lipinski definition) is 4. The van der Waals surface area contributed by atoms with Crippen molar-refractivity contribution in [2.75, 3.05) is 7.11 Å². The van der Waals surface area contributed by atoms with Gasteiger partial charge in [0.15, 0.2) is 0 Å². The van der Waals surface area contributed by atoms with Gasteiger partial charge in [-0.3, -0.25) is 9.59 Å². The van der Waals surface area contributed by atoms with Gasteiger partial charge in [-0.2, -0.15) is 0 Å². The summed E-state index contributed by atoms with van der Waals surface area (Å²) in [6.07, 6.45) is 11.6. The average Bonchev–Trinajstić information content (AvgIpc) is 3.03. The van der Waals surface area contributed by atoms with Crippen LogP contribution in [0, 0.1) is 40.4 Å². The zero-order valence-electron chi connectivity index (χ0n) is 18.8. The zero-order chi connectivity index (χ0) is 21.0. The van der Waals surface area contributed by atoms with Crippen molar-refractivity contribution in [3.8, 4) is 0 Å². The molecule has 0 amide bonds. The van der Waals surface area contributed by atoms with Crippen LogP contribution in [-0.4, -0.2) is 25.2 Å². The van der Waals surface area contributed by atoms with E-state index in [-0.39, 0.29) is 34.8 Å². The Labute approximate surface area is 175 Å². The monoisotopic (exact) mass is 402 g/mol. The number of allylic oxidation sites excluding steroid dienone is 1. The zero-order valence-corrected chi connectivity index (χ0v) is 18.8. The van der Waals surface area contributed by atoms with Crippen molar-refractivity contribution < 1.29 is 19.1 Å². The van der Waals surface area contributed by atoms with Gasteiger partial charge in [0, 0.05) is 13.3 Å². The molecule has 0 bridgehead atoms. The maximum absolute atomic E-state index is 12.3. The molecule has 4 nitrogen and oxygen atoms in total. The van der Waals surface area contributed by atoms with Crippen LogP contribution in [0.1, 0.15) is 79.1 Å². The van der Waals surface area contributed by atoms with Crippen LogP contribution in [0.5, 0.6) is 0 Å². The van der Waals surface area contributed by atoms with Gasteiger partial charge in [0.2, 0.25) is 0 Å². The van der Waals surface area contributed by atoms with Gasteiger partial charge in [0.1, 0.15) is 6.10 Å². The molecule has 0 spiro atoms. The first-order chi connectivity index (χ1) is 13.7. The van der Waals surface area contributed by atoms with Crippen molar-refractivity contribution in [3.63, 3.8) is 0 Å². The second-order valence-electron chi connectivity index (χ2n) is 10.8. The largest absolute Gasteiger partial charge is 0.469 e. The number of carbonyl (C=O) groups excluding carboxylic acids is 2. The van der Waals surface area contributed by atoms with Crippen LogP contribution in [0.3, 0.4) is 0 Å². The SMILES string of the molecule is COC(=O)[C@@H](C)[C@H]1CC[C@H]2[C@@H]3CC=C4CC(OC(C)=O)CC[C@]4(C)[C@H]3CC[C@]12C. The molecular weight excluding hydrogens is 364 g/mol. The summed E-state index contributed by atoms with van der Waals surface area (Å²) in [6.45, 7) is 8.54. The van der Waals surface area contributed by atoms with Gasteiger partial charge in [-0.25, -0.2) is 0 Å². The summed E-state index contributed by atoms with van der Waals surface area (Å²) in [5, 5.41) is 0. The minimum Gasteiger partial charge on any atom is -0.469 e. The molecule has 3 fully saturated rings. The molecular formula is C25H38O4. The molecule has 0 aromatic rings. The van der Waals surface area contributed by atoms with E-state index in [1.165, 1.54) is 38.9 Å². The van der Waals surface area contributed by atoms with E-state index in [0.29, 0.717) is 11.8 Å². The standard InChI is InChI=1S/C25H38O4/c1-15(23(27)28-5)20-8-9-21-19-7-6-17-14-18(29-16(2)26)10-12-24(17,3)22(19)11-13-25(20,21)4/h6,15,18-22H,7-14H2,1-5H3/t15-,18?,19-,20+,21-,22-,24-,25+/m0/s1. The summed E-state index contributed by atoms with van der Waals surface area (Å²) in [4.78, 5) is 23.7. The highest BCUT2D eigenvalue weighted by Crippen LogP contribution is 2.67. The Morgan fingerprint density at radius 3 is 2.55 bits per heavy atom. The van der Waals surface area contributed by atoms with Crippen molar-refractivity contribution in [2.24, 2.45) is 40.4 Å². The Morgan fingerprint density at radius 1 is 1.10 bits per heavy atom. The lowest BCUT2D eigenvalue weighted by atomic mass is 9.47. The lowest BCUT2D eigenvalue weighted by molar-refractivity contribution is -0.150. The summed E-state index contributed by atoms with van der Waals surface area (Å²) >= 11 is 0. The first-order valence-electron chi connectivity index (χ1n) is 11.6. The maximum Gasteiger partial charge on any atom is 0.308 e. The fraction of sp³-hybridized carbons (Fsp3) is 0.840. The highest BCUT2D eigenvalue weighted by Gasteiger charge is 2.59. The Bertz CT molecular complexity index is 712. The van der Waals surface area contributed by atoms with Gasteiger partial charge in [-0.05, 0) is 79.4 Å². The van der Waals surface area contributed by atoms with Crippen LogP contribution in [0.2, 0.25) is 0 Å². The van der Waals surface area contributed by atoms with Gasteiger partial charge in [0.25, 0.3) is 0 Å². The third-order valence-electron chi connectivity index (χ3n) is 9.64. The topological polar surface area (TPSA) is 52.6 Å². The number of methoxy groups -OCH3 is 1. The summed E-state index contributed by atoms with van der Waals surface area (Å²) in [5.74, 6) is 2.40. The quantitative estimate of drug-likeness (QED) is 0.474. The van der Waals surface area contributed by atoms with E-state index in [4.69, 9.17) is 9.47 Å². The lowest BCUT2D eigenvalue weighted by Gasteiger charge is -2.58. The minimum atomic E-state index is -0.155. The van der Waals surface area contributed by atoms with Crippen molar-refractivity contribution >= 4 is 11.9 Å². The number of esters is 2. The Kier molecular flexibility index (Phi) is 5.36. The molecule has 3 saturated carbocycles. The molecule has 0 N–H and O–H groups in total. The average molecular weight is 403 g/mol. The van der Waals surface area contributed by atoms with Crippen molar-refractivity contribution in [3.05, 3.63) is 11.6 Å². The first-order valence-corrected chi connectivity index (χ1v) is 11.6. The molecule has 0 aliphatic heterocycles. The highest BCUT2D eigenvalue weighted by molar-refractivity contribution is 5.72. The van der Waals surface area contributed by atoms with Gasteiger partial charge in [-0.1, -0.05) is 32.4 Å². The molecule has 4 aliphatic rings. The third-order valence-corrected chi connectivity index (χ3v) is 9.64. The van der Waals surface area contributed by atoms with Crippen LogP contribution < -0.4 is 0 Å². The van der Waals surface area contributed by atoms with Crippen LogP contribution in [-0.2, 0) is 19.1 Å². The van der Waals surface area contributed by atoms with E-state index in [1.54, 1.807) is 0 Å². The van der Waals surface area contributed by atoms with Crippen LogP contribution >= 0.6 is 0 Å². The van der Waals surface area contributed by atoms with Gasteiger partial charge in [0.05, 0.1) is 13.0 Å². The first kappa shape index (κ1) is 20.9. The predicted molar refractivity (Wildman–Crippen MR) is 112 cm³/mol. The van der Waals surface area contributed by atoms with Crippen molar-refractivity contribution in [1.29, 1.82) is 0 Å². The molecule has 29 heavy (non-hydrogen) atoms. The molecule has 4 aliphatic carbocycles. The maximum atomic E-state index is 12.3. The predicted octanol–water partition coefficient (Wildman–Crippen LogP) is 5.31. The highest BCUT2D eigenvalue weighted by atomic mass is 16.5. The molecule has 4 rings (SSSR count). The van der Waals surface area contributed by atoms with Crippen LogP contribution in [0.25, 0.3) is 0 Å². The summed E-state index contributed by atoms with van der Waals surface area (Å²) < 4.78 is 10.7. The smallest absolute Gasteiger partial charge is 0.308 e. The van der Waals surface area contributed by atoms with E-state index in [2.05, 4.69) is 26.8 Å². The molecule has 0 aromatic heterocycles. The van der Waals surface area contributed by atoms with Gasteiger partial charge >= 0.3 is 11.9 Å². The summed E-state index contributed by atoms with van der Waals surface area (Å²) in [5.41, 5.74) is 2.05. The molecule has 0 saturated heterocycles. The second-order valence-corrected chi connectivity index (χ2v) is 10.8. The van der Waals surface area contributed by atoms with Crippen LogP contribution in [0.4, 0.5) is 0 Å². The van der Waals surface area contributed by atoms with E-state index >= 15 is 0 Å². The number of rotatable bonds is 3. The second kappa shape index (κ2) is 7.42.